The molecule has 1 aliphatic rings. The van der Waals surface area contributed by atoms with Crippen LogP contribution in [0.3, 0.4) is 0 Å². The van der Waals surface area contributed by atoms with Crippen LogP contribution >= 0.6 is 0 Å². The van der Waals surface area contributed by atoms with Crippen molar-refractivity contribution in [2.75, 3.05) is 0 Å². The van der Waals surface area contributed by atoms with E-state index in [0.717, 1.165) is 0 Å². The van der Waals surface area contributed by atoms with Gasteiger partial charge in [0.1, 0.15) is 5.78 Å². The zero-order valence-corrected chi connectivity index (χ0v) is 10.6. The summed E-state index contributed by atoms with van der Waals surface area (Å²) in [6.45, 7) is 8.18. The Morgan fingerprint density at radius 1 is 1.24 bits per heavy atom. The van der Waals surface area contributed by atoms with Gasteiger partial charge in [-0.05, 0) is 23.3 Å². The normalized spacial score (nSPS) is 33.4. The molecule has 0 amide bonds. The molecule has 17 heavy (non-hydrogen) atoms. The van der Waals surface area contributed by atoms with E-state index in [1.807, 2.05) is 24.3 Å². The number of carbonyl (C=O) groups excluding carboxylic acids is 1. The van der Waals surface area contributed by atoms with E-state index in [0.29, 0.717) is 30.0 Å². The maximum Gasteiger partial charge on any atom is 0.136 e. The number of rotatable bonds is 2. The van der Waals surface area contributed by atoms with Crippen LogP contribution in [0.15, 0.2) is 43.0 Å². The number of allylic oxidation sites excluding steroid dienone is 1. The van der Waals surface area contributed by atoms with Gasteiger partial charge in [-0.2, -0.15) is 0 Å². The van der Waals surface area contributed by atoms with Crippen LogP contribution in [-0.4, -0.2) is 5.78 Å². The predicted octanol–water partition coefficient (Wildman–Crippen LogP) is 3.82. The largest absolute Gasteiger partial charge is 0.299 e. The first-order valence-electron chi connectivity index (χ1n) is 6.35. The summed E-state index contributed by atoms with van der Waals surface area (Å²) < 4.78 is 0. The molecule has 1 aromatic carbocycles. The third-order valence-electron chi connectivity index (χ3n) is 4.10. The Hall–Kier alpha value is -1.37. The number of carbonyl (C=O) groups is 1. The SMILES string of the molecule is C=C[C@H]1[C@H](c2ccccc2)[C@@H](C)C(=O)C[C@H]1C. The van der Waals surface area contributed by atoms with E-state index in [4.69, 9.17) is 0 Å². The summed E-state index contributed by atoms with van der Waals surface area (Å²) in [5.41, 5.74) is 1.27. The molecule has 0 unspecified atom stereocenters. The summed E-state index contributed by atoms with van der Waals surface area (Å²) in [4.78, 5) is 12.0. The van der Waals surface area contributed by atoms with Crippen LogP contribution in [0.2, 0.25) is 0 Å². The maximum absolute atomic E-state index is 12.0. The van der Waals surface area contributed by atoms with Crippen LogP contribution in [0.25, 0.3) is 0 Å². The zero-order valence-electron chi connectivity index (χ0n) is 10.6. The van der Waals surface area contributed by atoms with Crippen molar-refractivity contribution in [3.8, 4) is 0 Å². The van der Waals surface area contributed by atoms with Gasteiger partial charge in [0.15, 0.2) is 0 Å². The molecule has 1 heteroatoms. The molecule has 0 N–H and O–H groups in total. The van der Waals surface area contributed by atoms with Crippen molar-refractivity contribution in [3.05, 3.63) is 48.6 Å². The molecule has 1 nitrogen and oxygen atoms in total. The van der Waals surface area contributed by atoms with Crippen molar-refractivity contribution in [3.63, 3.8) is 0 Å². The van der Waals surface area contributed by atoms with Crippen molar-refractivity contribution < 1.29 is 4.79 Å². The van der Waals surface area contributed by atoms with Gasteiger partial charge in [-0.3, -0.25) is 4.79 Å². The van der Waals surface area contributed by atoms with Crippen molar-refractivity contribution in [2.24, 2.45) is 17.8 Å². The van der Waals surface area contributed by atoms with E-state index in [2.05, 4.69) is 32.6 Å². The van der Waals surface area contributed by atoms with E-state index in [1.165, 1.54) is 5.56 Å². The van der Waals surface area contributed by atoms with Crippen LogP contribution in [0.1, 0.15) is 31.7 Å². The standard InChI is InChI=1S/C16H20O/c1-4-14-11(2)10-15(17)12(3)16(14)13-8-6-5-7-9-13/h4-9,11-12,14,16H,1,10H2,2-3H3/t11-,12+,14-,16+/m1/s1. The lowest BCUT2D eigenvalue weighted by Gasteiger charge is -2.38. The van der Waals surface area contributed by atoms with Gasteiger partial charge in [-0.25, -0.2) is 0 Å². The van der Waals surface area contributed by atoms with Crippen LogP contribution in [0.5, 0.6) is 0 Å². The second-order valence-electron chi connectivity index (χ2n) is 5.19. The first-order valence-corrected chi connectivity index (χ1v) is 6.35. The van der Waals surface area contributed by atoms with Gasteiger partial charge in [-0.1, -0.05) is 50.3 Å². The Balaban J connectivity index is 2.39. The molecule has 0 radical (unpaired) electrons. The molecule has 0 aromatic heterocycles. The highest BCUT2D eigenvalue weighted by atomic mass is 16.1. The quantitative estimate of drug-likeness (QED) is 0.703. The summed E-state index contributed by atoms with van der Waals surface area (Å²) in [6, 6.07) is 10.4. The Bertz CT molecular complexity index is 407. The van der Waals surface area contributed by atoms with E-state index in [-0.39, 0.29) is 5.92 Å². The average molecular weight is 228 g/mol. The number of ketones is 1. The smallest absolute Gasteiger partial charge is 0.136 e. The Morgan fingerprint density at radius 2 is 1.88 bits per heavy atom. The lowest BCUT2D eigenvalue weighted by molar-refractivity contribution is -0.127. The number of Topliss-reactive ketones (excluding diaryl/α,β-unsaturated/α-hetero) is 1. The summed E-state index contributed by atoms with van der Waals surface area (Å²) in [6.07, 6.45) is 2.73. The summed E-state index contributed by atoms with van der Waals surface area (Å²) in [7, 11) is 0. The molecule has 1 aromatic rings. The third kappa shape index (κ3) is 2.19. The highest BCUT2D eigenvalue weighted by molar-refractivity contribution is 5.83. The highest BCUT2D eigenvalue weighted by Crippen LogP contribution is 2.43. The van der Waals surface area contributed by atoms with Gasteiger partial charge in [0.2, 0.25) is 0 Å². The van der Waals surface area contributed by atoms with Crippen molar-refractivity contribution >= 4 is 5.78 Å². The van der Waals surface area contributed by atoms with Gasteiger partial charge < -0.3 is 0 Å². The van der Waals surface area contributed by atoms with Gasteiger partial charge >= 0.3 is 0 Å². The molecular formula is C16H20O. The first kappa shape index (κ1) is 12.1. The lowest BCUT2D eigenvalue weighted by atomic mass is 9.65. The molecule has 0 bridgehead atoms. The molecular weight excluding hydrogens is 208 g/mol. The molecule has 0 spiro atoms. The first-order chi connectivity index (χ1) is 8.15. The lowest BCUT2D eigenvalue weighted by Crippen LogP contribution is -2.35. The van der Waals surface area contributed by atoms with Crippen LogP contribution < -0.4 is 0 Å². The third-order valence-corrected chi connectivity index (χ3v) is 4.10. The minimum absolute atomic E-state index is 0.108. The second kappa shape index (κ2) is 4.87. The molecule has 0 heterocycles. The molecule has 1 fully saturated rings. The number of hydrogen-bond donors (Lipinski definition) is 0. The maximum atomic E-state index is 12.0. The second-order valence-corrected chi connectivity index (χ2v) is 5.19. The summed E-state index contributed by atoms with van der Waals surface area (Å²) in [5, 5.41) is 0. The van der Waals surface area contributed by atoms with E-state index in [1.54, 1.807) is 0 Å². The van der Waals surface area contributed by atoms with Gasteiger partial charge in [0, 0.05) is 12.3 Å². The van der Waals surface area contributed by atoms with Crippen LogP contribution in [0, 0.1) is 17.8 Å². The minimum Gasteiger partial charge on any atom is -0.299 e. The fraction of sp³-hybridized carbons (Fsp3) is 0.438. The highest BCUT2D eigenvalue weighted by Gasteiger charge is 2.39. The fourth-order valence-corrected chi connectivity index (χ4v) is 3.09. The van der Waals surface area contributed by atoms with Crippen molar-refractivity contribution in [1.82, 2.24) is 0 Å². The van der Waals surface area contributed by atoms with E-state index >= 15 is 0 Å². The number of hydrogen-bond acceptors (Lipinski definition) is 1. The molecule has 2 rings (SSSR count). The molecule has 0 aliphatic heterocycles. The Kier molecular flexibility index (Phi) is 3.46. The van der Waals surface area contributed by atoms with Gasteiger partial charge in [-0.15, -0.1) is 6.58 Å². The molecule has 1 saturated carbocycles. The van der Waals surface area contributed by atoms with Crippen LogP contribution in [-0.2, 0) is 4.79 Å². The van der Waals surface area contributed by atoms with E-state index in [9.17, 15) is 4.79 Å². The average Bonchev–Trinajstić information content (AvgIpc) is 2.34. The Labute approximate surface area is 104 Å². The monoisotopic (exact) mass is 228 g/mol. The van der Waals surface area contributed by atoms with E-state index < -0.39 is 0 Å². The Morgan fingerprint density at radius 3 is 2.47 bits per heavy atom. The van der Waals surface area contributed by atoms with Gasteiger partial charge in [0.05, 0.1) is 0 Å². The van der Waals surface area contributed by atoms with Crippen molar-refractivity contribution in [1.29, 1.82) is 0 Å². The topological polar surface area (TPSA) is 17.1 Å². The molecule has 90 valence electrons. The molecule has 4 atom stereocenters. The van der Waals surface area contributed by atoms with Crippen LogP contribution in [0.4, 0.5) is 0 Å². The van der Waals surface area contributed by atoms with Crippen molar-refractivity contribution in [2.45, 2.75) is 26.2 Å². The minimum atomic E-state index is 0.108. The number of benzene rings is 1. The predicted molar refractivity (Wildman–Crippen MR) is 70.8 cm³/mol. The molecule has 0 saturated heterocycles. The summed E-state index contributed by atoms with van der Waals surface area (Å²) >= 11 is 0. The molecule has 1 aliphatic carbocycles. The fourth-order valence-electron chi connectivity index (χ4n) is 3.09. The summed E-state index contributed by atoms with van der Waals surface area (Å²) in [5.74, 6) is 1.61. The zero-order chi connectivity index (χ0) is 12.4. The van der Waals surface area contributed by atoms with Gasteiger partial charge in [0.25, 0.3) is 0 Å².